The summed E-state index contributed by atoms with van der Waals surface area (Å²) in [5.74, 6) is 5.33. The maximum atomic E-state index is 12.3. The smallest absolute Gasteiger partial charge is 0.139 e. The van der Waals surface area contributed by atoms with Crippen LogP contribution < -0.4 is 0 Å². The van der Waals surface area contributed by atoms with Crippen LogP contribution in [0.15, 0.2) is 0 Å². The first-order chi connectivity index (χ1) is 9.20. The van der Waals surface area contributed by atoms with E-state index in [0.29, 0.717) is 5.78 Å². The molecular weight excluding hydrogens is 232 g/mol. The fourth-order valence-corrected chi connectivity index (χ4v) is 6.60. The Morgan fingerprint density at radius 1 is 0.895 bits per heavy atom. The van der Waals surface area contributed by atoms with Crippen LogP contribution in [0.2, 0.25) is 0 Å². The zero-order chi connectivity index (χ0) is 13.0. The molecule has 0 aromatic heterocycles. The van der Waals surface area contributed by atoms with Crippen molar-refractivity contribution in [1.29, 1.82) is 0 Å². The molecule has 0 bridgehead atoms. The minimum atomic E-state index is 0.0860. The van der Waals surface area contributed by atoms with Gasteiger partial charge in [0, 0.05) is 11.8 Å². The van der Waals surface area contributed by atoms with Gasteiger partial charge in [-0.25, -0.2) is 0 Å². The Kier molecular flexibility index (Phi) is 2.83. The van der Waals surface area contributed by atoms with Gasteiger partial charge in [-0.15, -0.1) is 0 Å². The normalized spacial score (nSPS) is 53.3. The first-order valence-corrected chi connectivity index (χ1v) is 8.73. The van der Waals surface area contributed by atoms with Gasteiger partial charge in [-0.05, 0) is 68.1 Å². The first kappa shape index (κ1) is 12.4. The summed E-state index contributed by atoms with van der Waals surface area (Å²) in [6, 6.07) is 0. The summed E-state index contributed by atoms with van der Waals surface area (Å²) in [4.78, 5) is 12.3. The van der Waals surface area contributed by atoms with Crippen LogP contribution in [0.5, 0.6) is 0 Å². The highest BCUT2D eigenvalue weighted by molar-refractivity contribution is 5.87. The molecular formula is C18H28O. The van der Waals surface area contributed by atoms with Gasteiger partial charge in [0.2, 0.25) is 0 Å². The van der Waals surface area contributed by atoms with Crippen molar-refractivity contribution in [3.05, 3.63) is 0 Å². The Hall–Kier alpha value is -0.330. The lowest BCUT2D eigenvalue weighted by atomic mass is 9.51. The summed E-state index contributed by atoms with van der Waals surface area (Å²) in [5, 5.41) is 0. The van der Waals surface area contributed by atoms with E-state index in [2.05, 4.69) is 6.92 Å². The number of carbonyl (C=O) groups excluding carboxylic acids is 1. The molecule has 0 radical (unpaired) electrons. The van der Waals surface area contributed by atoms with E-state index in [1.165, 1.54) is 57.8 Å². The molecule has 0 amide bonds. The van der Waals surface area contributed by atoms with Crippen molar-refractivity contribution in [1.82, 2.24) is 0 Å². The Morgan fingerprint density at radius 3 is 2.63 bits per heavy atom. The van der Waals surface area contributed by atoms with Crippen LogP contribution in [0.4, 0.5) is 0 Å². The number of Topliss-reactive ketones (excluding diaryl/α,β-unsaturated/α-hetero) is 1. The minimum Gasteiger partial charge on any atom is -0.299 e. The van der Waals surface area contributed by atoms with Gasteiger partial charge in [-0.2, -0.15) is 0 Å². The second kappa shape index (κ2) is 4.33. The Bertz CT molecular complexity index is 387. The largest absolute Gasteiger partial charge is 0.299 e. The summed E-state index contributed by atoms with van der Waals surface area (Å²) in [7, 11) is 0. The van der Waals surface area contributed by atoms with Crippen LogP contribution >= 0.6 is 0 Å². The fraction of sp³-hybridized carbons (Fsp3) is 0.944. The molecule has 1 heteroatoms. The molecule has 1 nitrogen and oxygen atoms in total. The molecule has 0 aromatic rings. The third-order valence-corrected chi connectivity index (χ3v) is 7.59. The molecule has 0 saturated heterocycles. The minimum absolute atomic E-state index is 0.0860. The van der Waals surface area contributed by atoms with E-state index in [1.54, 1.807) is 0 Å². The van der Waals surface area contributed by atoms with Crippen LogP contribution in [0.25, 0.3) is 0 Å². The van der Waals surface area contributed by atoms with Crippen molar-refractivity contribution >= 4 is 5.78 Å². The molecule has 4 aliphatic rings. The first-order valence-electron chi connectivity index (χ1n) is 8.73. The highest BCUT2D eigenvalue weighted by atomic mass is 16.1. The molecule has 0 N–H and O–H groups in total. The second-order valence-corrected chi connectivity index (χ2v) is 8.14. The Morgan fingerprint density at radius 2 is 1.74 bits per heavy atom. The molecule has 4 saturated carbocycles. The summed E-state index contributed by atoms with van der Waals surface area (Å²) >= 11 is 0. The van der Waals surface area contributed by atoms with E-state index in [-0.39, 0.29) is 5.41 Å². The maximum Gasteiger partial charge on any atom is 0.139 e. The predicted molar refractivity (Wildman–Crippen MR) is 76.7 cm³/mol. The van der Waals surface area contributed by atoms with Gasteiger partial charge in [0.05, 0.1) is 0 Å². The van der Waals surface area contributed by atoms with Gasteiger partial charge >= 0.3 is 0 Å². The fourth-order valence-electron chi connectivity index (χ4n) is 6.60. The lowest BCUT2D eigenvalue weighted by molar-refractivity contribution is -0.132. The van der Waals surface area contributed by atoms with Gasteiger partial charge in [-0.1, -0.05) is 26.2 Å². The molecule has 4 aliphatic carbocycles. The molecule has 0 heterocycles. The van der Waals surface area contributed by atoms with Crippen LogP contribution in [0.1, 0.15) is 71.1 Å². The highest BCUT2D eigenvalue weighted by Crippen LogP contribution is 2.61. The maximum absolute atomic E-state index is 12.3. The molecule has 106 valence electrons. The third kappa shape index (κ3) is 1.69. The van der Waals surface area contributed by atoms with Gasteiger partial charge in [0.25, 0.3) is 0 Å². The van der Waals surface area contributed by atoms with E-state index in [0.717, 1.165) is 36.0 Å². The molecule has 6 atom stereocenters. The molecule has 4 fully saturated rings. The molecule has 0 spiro atoms. The number of hydrogen-bond donors (Lipinski definition) is 0. The van der Waals surface area contributed by atoms with Crippen molar-refractivity contribution in [2.75, 3.05) is 0 Å². The summed E-state index contributed by atoms with van der Waals surface area (Å²) in [5.41, 5.74) is 0.0860. The summed E-state index contributed by atoms with van der Waals surface area (Å²) in [6.45, 7) is 2.30. The Balaban J connectivity index is 1.61. The van der Waals surface area contributed by atoms with E-state index < -0.39 is 0 Å². The van der Waals surface area contributed by atoms with E-state index in [4.69, 9.17) is 0 Å². The van der Waals surface area contributed by atoms with Crippen molar-refractivity contribution in [2.45, 2.75) is 71.1 Å². The summed E-state index contributed by atoms with van der Waals surface area (Å²) < 4.78 is 0. The lowest BCUT2D eigenvalue weighted by Crippen LogP contribution is -2.48. The van der Waals surface area contributed by atoms with E-state index in [1.807, 2.05) is 0 Å². The zero-order valence-corrected chi connectivity index (χ0v) is 12.4. The highest BCUT2D eigenvalue weighted by Gasteiger charge is 2.56. The standard InChI is InChI=1S/C18H28O/c1-18-11-10-14-13-5-3-2-4-12(13)6-7-15(14)16(18)8-9-17(18)19/h12-16H,2-11H2,1H3/t12?,13-,14+,15+,16-,18-/m0/s1. The number of ketones is 1. The average molecular weight is 260 g/mol. The average Bonchev–Trinajstić information content (AvgIpc) is 2.75. The SMILES string of the molecule is C[C@]12CC[C@H]3[C@@H](CCC4CCCC[C@@H]43)[C@@H]1CCC2=O. The second-order valence-electron chi connectivity index (χ2n) is 8.14. The third-order valence-electron chi connectivity index (χ3n) is 7.59. The number of hydrogen-bond acceptors (Lipinski definition) is 1. The van der Waals surface area contributed by atoms with Crippen molar-refractivity contribution in [3.8, 4) is 0 Å². The molecule has 19 heavy (non-hydrogen) atoms. The topological polar surface area (TPSA) is 17.1 Å². The van der Waals surface area contributed by atoms with Crippen LogP contribution in [0.3, 0.4) is 0 Å². The van der Waals surface area contributed by atoms with Crippen LogP contribution in [0, 0.1) is 35.0 Å². The molecule has 0 aliphatic heterocycles. The molecule has 0 aromatic carbocycles. The van der Waals surface area contributed by atoms with Gasteiger partial charge in [-0.3, -0.25) is 4.79 Å². The molecule has 1 unspecified atom stereocenters. The van der Waals surface area contributed by atoms with E-state index in [9.17, 15) is 4.79 Å². The van der Waals surface area contributed by atoms with Gasteiger partial charge in [0.1, 0.15) is 5.78 Å². The quantitative estimate of drug-likeness (QED) is 0.622. The number of carbonyl (C=O) groups is 1. The molecule has 4 rings (SSSR count). The number of fused-ring (bicyclic) bond motifs is 5. The van der Waals surface area contributed by atoms with Crippen molar-refractivity contribution in [3.63, 3.8) is 0 Å². The van der Waals surface area contributed by atoms with Crippen molar-refractivity contribution < 1.29 is 4.79 Å². The monoisotopic (exact) mass is 260 g/mol. The van der Waals surface area contributed by atoms with Crippen molar-refractivity contribution in [2.24, 2.45) is 35.0 Å². The lowest BCUT2D eigenvalue weighted by Gasteiger charge is -2.54. The van der Waals surface area contributed by atoms with Gasteiger partial charge in [0.15, 0.2) is 0 Å². The zero-order valence-electron chi connectivity index (χ0n) is 12.4. The van der Waals surface area contributed by atoms with Crippen LogP contribution in [-0.2, 0) is 4.79 Å². The number of rotatable bonds is 0. The summed E-state index contributed by atoms with van der Waals surface area (Å²) in [6.07, 6.45) is 13.6. The predicted octanol–water partition coefficient (Wildman–Crippen LogP) is 4.60. The Labute approximate surface area is 117 Å². The van der Waals surface area contributed by atoms with Crippen LogP contribution in [-0.4, -0.2) is 5.78 Å². The van der Waals surface area contributed by atoms with E-state index >= 15 is 0 Å². The van der Waals surface area contributed by atoms with Gasteiger partial charge < -0.3 is 0 Å².